The molecule has 2 N–H and O–H groups in total. The first-order valence-corrected chi connectivity index (χ1v) is 7.90. The van der Waals surface area contributed by atoms with Gasteiger partial charge in [0.2, 0.25) is 0 Å². The van der Waals surface area contributed by atoms with Gasteiger partial charge in [-0.05, 0) is 51.0 Å². The average Bonchev–Trinajstić information content (AvgIpc) is 3.29. The minimum Gasteiger partial charge on any atom is -0.395 e. The lowest BCUT2D eigenvalue weighted by Crippen LogP contribution is -2.38. The highest BCUT2D eigenvalue weighted by Gasteiger charge is 2.32. The summed E-state index contributed by atoms with van der Waals surface area (Å²) in [4.78, 5) is 14.1. The normalized spacial score (nSPS) is 13.9. The molecular formula is C17H22N4O2. The van der Waals surface area contributed by atoms with Gasteiger partial charge in [-0.2, -0.15) is 5.10 Å². The van der Waals surface area contributed by atoms with E-state index in [0.717, 1.165) is 35.6 Å². The Morgan fingerprint density at radius 3 is 2.78 bits per heavy atom. The van der Waals surface area contributed by atoms with E-state index in [-0.39, 0.29) is 18.7 Å². The van der Waals surface area contributed by atoms with Crippen LogP contribution in [0.1, 0.15) is 24.2 Å². The Bertz CT molecular complexity index is 706. The second-order valence-electron chi connectivity index (χ2n) is 5.97. The van der Waals surface area contributed by atoms with Gasteiger partial charge in [-0.3, -0.25) is 0 Å². The Morgan fingerprint density at radius 2 is 2.17 bits per heavy atom. The van der Waals surface area contributed by atoms with E-state index in [4.69, 9.17) is 5.11 Å². The number of anilines is 1. The molecule has 0 atom stereocenters. The number of hydrogen-bond donors (Lipinski definition) is 2. The van der Waals surface area contributed by atoms with Gasteiger partial charge in [-0.1, -0.05) is 6.07 Å². The molecule has 1 aliphatic carbocycles. The van der Waals surface area contributed by atoms with Gasteiger partial charge in [0.1, 0.15) is 0 Å². The Kier molecular flexibility index (Phi) is 4.34. The molecule has 1 aliphatic rings. The number of aromatic nitrogens is 2. The lowest BCUT2D eigenvalue weighted by Gasteiger charge is -2.22. The molecule has 6 heteroatoms. The van der Waals surface area contributed by atoms with Crippen LogP contribution in [0.3, 0.4) is 0 Å². The lowest BCUT2D eigenvalue weighted by atomic mass is 10.2. The zero-order chi connectivity index (χ0) is 16.4. The monoisotopic (exact) mass is 314 g/mol. The van der Waals surface area contributed by atoms with E-state index in [0.29, 0.717) is 6.54 Å². The predicted octanol–water partition coefficient (Wildman–Crippen LogP) is 2.48. The van der Waals surface area contributed by atoms with E-state index in [1.165, 1.54) is 0 Å². The molecule has 0 aliphatic heterocycles. The van der Waals surface area contributed by atoms with Crippen LogP contribution in [0.4, 0.5) is 10.5 Å². The molecule has 2 aromatic rings. The zero-order valence-electron chi connectivity index (χ0n) is 13.5. The van der Waals surface area contributed by atoms with Gasteiger partial charge in [0, 0.05) is 24.0 Å². The van der Waals surface area contributed by atoms with Gasteiger partial charge >= 0.3 is 6.03 Å². The number of benzene rings is 1. The molecule has 122 valence electrons. The highest BCUT2D eigenvalue weighted by atomic mass is 16.3. The van der Waals surface area contributed by atoms with Crippen molar-refractivity contribution >= 4 is 11.7 Å². The third-order valence-electron chi connectivity index (χ3n) is 3.94. The van der Waals surface area contributed by atoms with E-state index >= 15 is 0 Å². The molecule has 1 aromatic heterocycles. The first kappa shape index (κ1) is 15.6. The third kappa shape index (κ3) is 3.53. The van der Waals surface area contributed by atoms with Gasteiger partial charge in [-0.25, -0.2) is 9.48 Å². The van der Waals surface area contributed by atoms with E-state index in [1.54, 1.807) is 4.90 Å². The SMILES string of the molecule is Cc1cc(C)n(-c2cccc(NC(=O)N(CCO)C3CC3)c2)n1. The first-order valence-electron chi connectivity index (χ1n) is 7.90. The molecule has 1 heterocycles. The molecule has 0 bridgehead atoms. The van der Waals surface area contributed by atoms with Crippen LogP contribution in [-0.2, 0) is 0 Å². The van der Waals surface area contributed by atoms with Crippen LogP contribution >= 0.6 is 0 Å². The van der Waals surface area contributed by atoms with E-state index in [2.05, 4.69) is 10.4 Å². The van der Waals surface area contributed by atoms with Crippen molar-refractivity contribution in [3.8, 4) is 5.69 Å². The van der Waals surface area contributed by atoms with E-state index in [1.807, 2.05) is 48.9 Å². The quantitative estimate of drug-likeness (QED) is 0.890. The second-order valence-corrected chi connectivity index (χ2v) is 5.97. The van der Waals surface area contributed by atoms with Crippen LogP contribution in [0, 0.1) is 13.8 Å². The molecule has 1 aromatic carbocycles. The fraction of sp³-hybridized carbons (Fsp3) is 0.412. The number of rotatable bonds is 5. The highest BCUT2D eigenvalue weighted by Crippen LogP contribution is 2.27. The minimum absolute atomic E-state index is 0.0181. The van der Waals surface area contributed by atoms with Crippen LogP contribution in [0.5, 0.6) is 0 Å². The number of amides is 2. The Balaban J connectivity index is 1.77. The summed E-state index contributed by atoms with van der Waals surface area (Å²) in [6.07, 6.45) is 2.03. The third-order valence-corrected chi connectivity index (χ3v) is 3.94. The van der Waals surface area contributed by atoms with Crippen molar-refractivity contribution in [2.75, 3.05) is 18.5 Å². The van der Waals surface area contributed by atoms with Crippen LogP contribution in [0.15, 0.2) is 30.3 Å². The number of nitrogens with zero attached hydrogens (tertiary/aromatic N) is 3. The maximum atomic E-state index is 12.4. The Morgan fingerprint density at radius 1 is 1.39 bits per heavy atom. The molecule has 2 amide bonds. The lowest BCUT2D eigenvalue weighted by molar-refractivity contribution is 0.185. The molecule has 0 radical (unpaired) electrons. The zero-order valence-corrected chi connectivity index (χ0v) is 13.5. The van der Waals surface area contributed by atoms with Gasteiger partial charge in [0.05, 0.1) is 18.0 Å². The van der Waals surface area contributed by atoms with Crippen molar-refractivity contribution in [1.29, 1.82) is 0 Å². The number of aliphatic hydroxyl groups is 1. The highest BCUT2D eigenvalue weighted by molar-refractivity contribution is 5.90. The molecule has 0 unspecified atom stereocenters. The molecule has 1 fully saturated rings. The molecule has 1 saturated carbocycles. The molecule has 0 spiro atoms. The molecule has 23 heavy (non-hydrogen) atoms. The second kappa shape index (κ2) is 6.42. The first-order chi connectivity index (χ1) is 11.1. The summed E-state index contributed by atoms with van der Waals surface area (Å²) in [5.41, 5.74) is 3.64. The molecule has 6 nitrogen and oxygen atoms in total. The predicted molar refractivity (Wildman–Crippen MR) is 88.9 cm³/mol. The summed E-state index contributed by atoms with van der Waals surface area (Å²) in [5, 5.41) is 16.5. The maximum absolute atomic E-state index is 12.4. The molecular weight excluding hydrogens is 292 g/mol. The molecule has 3 rings (SSSR count). The summed E-state index contributed by atoms with van der Waals surface area (Å²) in [6.45, 7) is 4.31. The van der Waals surface area contributed by atoms with Crippen LogP contribution in [-0.4, -0.2) is 45.0 Å². The summed E-state index contributed by atoms with van der Waals surface area (Å²) in [6, 6.07) is 9.74. The van der Waals surface area contributed by atoms with Crippen LogP contribution in [0.2, 0.25) is 0 Å². The number of aryl methyl sites for hydroxylation is 2. The van der Waals surface area contributed by atoms with Crippen molar-refractivity contribution in [3.63, 3.8) is 0 Å². The number of aliphatic hydroxyl groups excluding tert-OH is 1. The summed E-state index contributed by atoms with van der Waals surface area (Å²) in [5.74, 6) is 0. The standard InChI is InChI=1S/C17H22N4O2/c1-12-10-13(2)21(19-12)16-5-3-4-14(11-16)18-17(23)20(8-9-22)15-6-7-15/h3-5,10-11,15,22H,6-9H2,1-2H3,(H,18,23). The van der Waals surface area contributed by atoms with Gasteiger partial charge in [0.25, 0.3) is 0 Å². The average molecular weight is 314 g/mol. The van der Waals surface area contributed by atoms with Crippen molar-refractivity contribution in [3.05, 3.63) is 41.7 Å². The van der Waals surface area contributed by atoms with Crippen LogP contribution < -0.4 is 5.32 Å². The van der Waals surface area contributed by atoms with Crippen LogP contribution in [0.25, 0.3) is 5.69 Å². The largest absolute Gasteiger partial charge is 0.395 e. The fourth-order valence-electron chi connectivity index (χ4n) is 2.74. The number of carbonyl (C=O) groups excluding carboxylic acids is 1. The Labute approximate surface area is 135 Å². The summed E-state index contributed by atoms with van der Waals surface area (Å²) >= 11 is 0. The smallest absolute Gasteiger partial charge is 0.322 e. The van der Waals surface area contributed by atoms with Gasteiger partial charge < -0.3 is 15.3 Å². The topological polar surface area (TPSA) is 70.4 Å². The fourth-order valence-corrected chi connectivity index (χ4v) is 2.74. The summed E-state index contributed by atoms with van der Waals surface area (Å²) < 4.78 is 1.86. The maximum Gasteiger partial charge on any atom is 0.322 e. The number of nitrogens with one attached hydrogen (secondary N) is 1. The summed E-state index contributed by atoms with van der Waals surface area (Å²) in [7, 11) is 0. The molecule has 0 saturated heterocycles. The van der Waals surface area contributed by atoms with Gasteiger partial charge in [0.15, 0.2) is 0 Å². The van der Waals surface area contributed by atoms with E-state index < -0.39 is 0 Å². The number of hydrogen-bond acceptors (Lipinski definition) is 3. The minimum atomic E-state index is -0.160. The van der Waals surface area contributed by atoms with E-state index in [9.17, 15) is 4.79 Å². The van der Waals surface area contributed by atoms with Crippen molar-refractivity contribution in [2.45, 2.75) is 32.7 Å². The van der Waals surface area contributed by atoms with Crippen molar-refractivity contribution in [2.24, 2.45) is 0 Å². The van der Waals surface area contributed by atoms with Crippen molar-refractivity contribution < 1.29 is 9.90 Å². The van der Waals surface area contributed by atoms with Crippen molar-refractivity contribution in [1.82, 2.24) is 14.7 Å². The number of carbonyl (C=O) groups is 1. The number of urea groups is 1. The van der Waals surface area contributed by atoms with Gasteiger partial charge in [-0.15, -0.1) is 0 Å². The Hall–Kier alpha value is -2.34.